The molecule has 0 amide bonds. The van der Waals surface area contributed by atoms with Crippen molar-refractivity contribution in [3.8, 4) is 22.5 Å². The first-order valence-corrected chi connectivity index (χ1v) is 6.47. The molecule has 100 valence electrons. The third-order valence-electron chi connectivity index (χ3n) is 3.07. The summed E-state index contributed by atoms with van der Waals surface area (Å²) in [6.45, 7) is 1.94. The molecular weight excluding hydrogens is 274 g/mol. The van der Waals surface area contributed by atoms with Crippen LogP contribution in [0.15, 0.2) is 47.1 Å². The maximum atomic E-state index is 6.05. The maximum absolute atomic E-state index is 6.05. The van der Waals surface area contributed by atoms with Gasteiger partial charge in [-0.1, -0.05) is 28.9 Å². The summed E-state index contributed by atoms with van der Waals surface area (Å²) in [5.41, 5.74) is 9.85. The SMILES string of the molecule is Cc1cc(-c2noc(N)c2-c2ccccn2)ccc1Cl. The van der Waals surface area contributed by atoms with E-state index in [9.17, 15) is 0 Å². The second kappa shape index (κ2) is 4.98. The van der Waals surface area contributed by atoms with Gasteiger partial charge in [-0.15, -0.1) is 0 Å². The third kappa shape index (κ3) is 2.14. The summed E-state index contributed by atoms with van der Waals surface area (Å²) in [6, 6.07) is 11.3. The number of nitrogens with two attached hydrogens (primary N) is 1. The summed E-state index contributed by atoms with van der Waals surface area (Å²) in [5, 5.41) is 4.76. The molecule has 0 spiro atoms. The van der Waals surface area contributed by atoms with Gasteiger partial charge in [0.05, 0.1) is 11.3 Å². The van der Waals surface area contributed by atoms with Crippen molar-refractivity contribution in [2.45, 2.75) is 6.92 Å². The zero-order chi connectivity index (χ0) is 14.1. The van der Waals surface area contributed by atoms with Gasteiger partial charge < -0.3 is 10.3 Å². The van der Waals surface area contributed by atoms with Crippen LogP contribution in [-0.4, -0.2) is 10.1 Å². The first-order chi connectivity index (χ1) is 9.66. The van der Waals surface area contributed by atoms with Crippen LogP contribution in [0.4, 0.5) is 5.88 Å². The minimum Gasteiger partial charge on any atom is -0.367 e. The topological polar surface area (TPSA) is 64.9 Å². The fourth-order valence-corrected chi connectivity index (χ4v) is 2.17. The Balaban J connectivity index is 2.18. The van der Waals surface area contributed by atoms with E-state index in [1.807, 2.05) is 43.3 Å². The van der Waals surface area contributed by atoms with Crippen LogP contribution in [0.5, 0.6) is 0 Å². The lowest BCUT2D eigenvalue weighted by molar-refractivity contribution is 0.439. The molecule has 0 radical (unpaired) electrons. The number of nitrogens with zero attached hydrogens (tertiary/aromatic N) is 2. The number of aromatic nitrogens is 2. The maximum Gasteiger partial charge on any atom is 0.232 e. The molecular formula is C15H12ClN3O. The van der Waals surface area contributed by atoms with Crippen molar-refractivity contribution in [2.24, 2.45) is 0 Å². The Kier molecular flexibility index (Phi) is 3.16. The molecule has 1 aromatic carbocycles. The molecule has 0 saturated carbocycles. The second-order valence-corrected chi connectivity index (χ2v) is 4.86. The van der Waals surface area contributed by atoms with Gasteiger partial charge in [0.15, 0.2) is 0 Å². The van der Waals surface area contributed by atoms with E-state index in [1.165, 1.54) is 0 Å². The van der Waals surface area contributed by atoms with E-state index >= 15 is 0 Å². The molecule has 5 heteroatoms. The fourth-order valence-electron chi connectivity index (χ4n) is 2.05. The van der Waals surface area contributed by atoms with Gasteiger partial charge in [-0.25, -0.2) is 0 Å². The molecule has 2 heterocycles. The van der Waals surface area contributed by atoms with Crippen LogP contribution in [0, 0.1) is 6.92 Å². The van der Waals surface area contributed by atoms with Crippen molar-refractivity contribution in [1.29, 1.82) is 0 Å². The van der Waals surface area contributed by atoms with Crippen LogP contribution in [0.1, 0.15) is 5.56 Å². The van der Waals surface area contributed by atoms with Crippen LogP contribution in [0.25, 0.3) is 22.5 Å². The first kappa shape index (κ1) is 12.7. The highest BCUT2D eigenvalue weighted by Gasteiger charge is 2.18. The van der Waals surface area contributed by atoms with E-state index in [-0.39, 0.29) is 5.88 Å². The summed E-state index contributed by atoms with van der Waals surface area (Å²) in [5.74, 6) is 0.256. The highest BCUT2D eigenvalue weighted by Crippen LogP contribution is 2.35. The van der Waals surface area contributed by atoms with Gasteiger partial charge in [-0.3, -0.25) is 4.98 Å². The molecule has 0 unspecified atom stereocenters. The van der Waals surface area contributed by atoms with Gasteiger partial charge in [-0.2, -0.15) is 0 Å². The number of hydrogen-bond acceptors (Lipinski definition) is 4. The summed E-state index contributed by atoms with van der Waals surface area (Å²) >= 11 is 6.05. The second-order valence-electron chi connectivity index (χ2n) is 4.45. The van der Waals surface area contributed by atoms with Gasteiger partial charge in [-0.05, 0) is 36.8 Å². The van der Waals surface area contributed by atoms with E-state index in [0.717, 1.165) is 16.8 Å². The molecule has 0 atom stereocenters. The van der Waals surface area contributed by atoms with E-state index in [0.29, 0.717) is 16.3 Å². The first-order valence-electron chi connectivity index (χ1n) is 6.10. The number of pyridine rings is 1. The van der Waals surface area contributed by atoms with Gasteiger partial charge in [0.1, 0.15) is 5.69 Å². The van der Waals surface area contributed by atoms with Crippen LogP contribution in [0.2, 0.25) is 5.02 Å². The monoisotopic (exact) mass is 285 g/mol. The number of benzene rings is 1. The molecule has 3 aromatic rings. The van der Waals surface area contributed by atoms with Crippen molar-refractivity contribution >= 4 is 17.5 Å². The predicted octanol–water partition coefficient (Wildman–Crippen LogP) is 3.95. The highest BCUT2D eigenvalue weighted by molar-refractivity contribution is 6.31. The normalized spacial score (nSPS) is 10.7. The molecule has 20 heavy (non-hydrogen) atoms. The Morgan fingerprint density at radius 2 is 2.05 bits per heavy atom. The fraction of sp³-hybridized carbons (Fsp3) is 0.0667. The average Bonchev–Trinajstić information content (AvgIpc) is 2.85. The molecule has 0 aliphatic carbocycles. The lowest BCUT2D eigenvalue weighted by Crippen LogP contribution is -1.90. The van der Waals surface area contributed by atoms with E-state index in [1.54, 1.807) is 6.20 Å². The van der Waals surface area contributed by atoms with Crippen molar-refractivity contribution < 1.29 is 4.52 Å². The Bertz CT molecular complexity index is 753. The Labute approximate surface area is 121 Å². The summed E-state index contributed by atoms with van der Waals surface area (Å²) in [7, 11) is 0. The molecule has 0 aliphatic rings. The van der Waals surface area contributed by atoms with Gasteiger partial charge in [0, 0.05) is 16.8 Å². The Morgan fingerprint density at radius 3 is 2.75 bits per heavy atom. The number of aryl methyl sites for hydroxylation is 1. The van der Waals surface area contributed by atoms with E-state index < -0.39 is 0 Å². The molecule has 0 saturated heterocycles. The van der Waals surface area contributed by atoms with Crippen molar-refractivity contribution in [2.75, 3.05) is 5.73 Å². The zero-order valence-electron chi connectivity index (χ0n) is 10.8. The number of halogens is 1. The molecule has 2 N–H and O–H groups in total. The quantitative estimate of drug-likeness (QED) is 0.774. The minimum atomic E-state index is 0.256. The van der Waals surface area contributed by atoms with Crippen LogP contribution >= 0.6 is 11.6 Å². The van der Waals surface area contributed by atoms with Crippen LogP contribution in [0.3, 0.4) is 0 Å². The van der Waals surface area contributed by atoms with Crippen molar-refractivity contribution in [1.82, 2.24) is 10.1 Å². The summed E-state index contributed by atoms with van der Waals surface area (Å²) < 4.78 is 5.13. The van der Waals surface area contributed by atoms with Crippen LogP contribution < -0.4 is 5.73 Å². The van der Waals surface area contributed by atoms with Crippen molar-refractivity contribution in [3.05, 3.63) is 53.2 Å². The summed E-state index contributed by atoms with van der Waals surface area (Å²) in [4.78, 5) is 4.30. The molecule has 0 fully saturated rings. The van der Waals surface area contributed by atoms with Gasteiger partial charge >= 0.3 is 0 Å². The molecule has 0 aliphatic heterocycles. The van der Waals surface area contributed by atoms with E-state index in [2.05, 4.69) is 10.1 Å². The predicted molar refractivity (Wildman–Crippen MR) is 79.3 cm³/mol. The summed E-state index contributed by atoms with van der Waals surface area (Å²) in [6.07, 6.45) is 1.71. The standard InChI is InChI=1S/C15H12ClN3O/c1-9-8-10(5-6-11(9)16)14-13(15(17)20-19-14)12-4-2-3-7-18-12/h2-8H,17H2,1H3. The highest BCUT2D eigenvalue weighted by atomic mass is 35.5. The molecule has 0 bridgehead atoms. The lowest BCUT2D eigenvalue weighted by Gasteiger charge is -2.04. The van der Waals surface area contributed by atoms with Gasteiger partial charge in [0.25, 0.3) is 0 Å². The molecule has 2 aromatic heterocycles. The molecule has 3 rings (SSSR count). The van der Waals surface area contributed by atoms with Crippen LogP contribution in [-0.2, 0) is 0 Å². The van der Waals surface area contributed by atoms with E-state index in [4.69, 9.17) is 21.9 Å². The van der Waals surface area contributed by atoms with Gasteiger partial charge in [0.2, 0.25) is 5.88 Å². The Hall–Kier alpha value is -2.33. The lowest BCUT2D eigenvalue weighted by atomic mass is 10.0. The largest absolute Gasteiger partial charge is 0.367 e. The minimum absolute atomic E-state index is 0.256. The van der Waals surface area contributed by atoms with Crippen molar-refractivity contribution in [3.63, 3.8) is 0 Å². The number of anilines is 1. The number of nitrogen functional groups attached to an aromatic ring is 1. The molecule has 4 nitrogen and oxygen atoms in total. The Morgan fingerprint density at radius 1 is 1.20 bits per heavy atom. The third-order valence-corrected chi connectivity index (χ3v) is 3.49. The number of hydrogen-bond donors (Lipinski definition) is 1. The zero-order valence-corrected chi connectivity index (χ0v) is 11.6. The number of rotatable bonds is 2. The smallest absolute Gasteiger partial charge is 0.232 e. The average molecular weight is 286 g/mol.